The first-order chi connectivity index (χ1) is 9.85. The van der Waals surface area contributed by atoms with Gasteiger partial charge in [-0.3, -0.25) is 0 Å². The summed E-state index contributed by atoms with van der Waals surface area (Å²) in [6, 6.07) is 8.76. The minimum Gasteiger partial charge on any atom is -0.444 e. The highest BCUT2D eigenvalue weighted by atomic mass is 16.5. The van der Waals surface area contributed by atoms with E-state index >= 15 is 0 Å². The monoisotopic (exact) mass is 272 g/mol. The second kappa shape index (κ2) is 6.09. The Morgan fingerprint density at radius 1 is 1.40 bits per heavy atom. The predicted octanol–water partition coefficient (Wildman–Crippen LogP) is 3.71. The van der Waals surface area contributed by atoms with Gasteiger partial charge in [-0.2, -0.15) is 0 Å². The van der Waals surface area contributed by atoms with Gasteiger partial charge in [0.05, 0.1) is 12.3 Å². The third-order valence-electron chi connectivity index (χ3n) is 3.77. The quantitative estimate of drug-likeness (QED) is 0.921. The molecule has 2 aromatic rings. The van der Waals surface area contributed by atoms with Crippen LogP contribution in [0.3, 0.4) is 0 Å². The lowest BCUT2D eigenvalue weighted by molar-refractivity contribution is 0.00926. The highest BCUT2D eigenvalue weighted by molar-refractivity contribution is 5.63. The van der Waals surface area contributed by atoms with Crippen molar-refractivity contribution in [2.45, 2.75) is 38.3 Å². The number of nitrogens with one attached hydrogen (secondary N) is 1. The Labute approximate surface area is 119 Å². The van der Waals surface area contributed by atoms with Gasteiger partial charge in [0.2, 0.25) is 0 Å². The summed E-state index contributed by atoms with van der Waals surface area (Å²) >= 11 is 0. The van der Waals surface area contributed by atoms with Gasteiger partial charge in [0, 0.05) is 23.9 Å². The third-order valence-corrected chi connectivity index (χ3v) is 3.77. The van der Waals surface area contributed by atoms with E-state index in [1.54, 1.807) is 6.20 Å². The minimum atomic E-state index is 0.388. The van der Waals surface area contributed by atoms with Crippen molar-refractivity contribution >= 4 is 5.69 Å². The molecular weight excluding hydrogens is 252 g/mol. The number of anilines is 1. The third kappa shape index (κ3) is 3.02. The summed E-state index contributed by atoms with van der Waals surface area (Å²) in [5.74, 6) is 0.798. The van der Waals surface area contributed by atoms with Gasteiger partial charge >= 0.3 is 0 Å². The molecule has 1 saturated heterocycles. The summed E-state index contributed by atoms with van der Waals surface area (Å²) in [4.78, 5) is 3.96. The Kier molecular flexibility index (Phi) is 4.02. The molecular formula is C16H20N2O2. The van der Waals surface area contributed by atoms with Crippen LogP contribution in [-0.2, 0) is 4.74 Å². The molecule has 2 heterocycles. The maximum Gasteiger partial charge on any atom is 0.181 e. The summed E-state index contributed by atoms with van der Waals surface area (Å²) in [5.41, 5.74) is 2.17. The van der Waals surface area contributed by atoms with Crippen LogP contribution in [0.2, 0.25) is 0 Å². The van der Waals surface area contributed by atoms with E-state index in [2.05, 4.69) is 29.4 Å². The number of hydrogen-bond acceptors (Lipinski definition) is 4. The zero-order chi connectivity index (χ0) is 13.8. The number of oxazole rings is 1. The maximum absolute atomic E-state index is 5.71. The summed E-state index contributed by atoms with van der Waals surface area (Å²) in [6.45, 7) is 3.02. The van der Waals surface area contributed by atoms with Crippen LogP contribution in [0, 0.1) is 0 Å². The molecule has 1 aromatic carbocycles. The van der Waals surface area contributed by atoms with E-state index in [9.17, 15) is 0 Å². The van der Waals surface area contributed by atoms with Crippen LogP contribution in [0.25, 0.3) is 11.3 Å². The van der Waals surface area contributed by atoms with Gasteiger partial charge in [-0.1, -0.05) is 19.1 Å². The van der Waals surface area contributed by atoms with Gasteiger partial charge in [0.15, 0.2) is 12.2 Å². The smallest absolute Gasteiger partial charge is 0.181 e. The normalized spacial score (nSPS) is 22.6. The van der Waals surface area contributed by atoms with Gasteiger partial charge in [-0.25, -0.2) is 4.98 Å². The Balaban J connectivity index is 1.70. The van der Waals surface area contributed by atoms with Crippen LogP contribution in [-0.4, -0.2) is 23.7 Å². The highest BCUT2D eigenvalue weighted by Gasteiger charge is 2.21. The van der Waals surface area contributed by atoms with E-state index in [0.717, 1.165) is 42.9 Å². The lowest BCUT2D eigenvalue weighted by atomic mass is 10.0. The van der Waals surface area contributed by atoms with Crippen molar-refractivity contribution in [2.75, 3.05) is 11.9 Å². The largest absolute Gasteiger partial charge is 0.444 e. The first kappa shape index (κ1) is 13.2. The van der Waals surface area contributed by atoms with E-state index < -0.39 is 0 Å². The molecule has 4 heteroatoms. The van der Waals surface area contributed by atoms with E-state index in [1.807, 2.05) is 12.1 Å². The topological polar surface area (TPSA) is 47.3 Å². The van der Waals surface area contributed by atoms with Gasteiger partial charge in [0.25, 0.3) is 0 Å². The van der Waals surface area contributed by atoms with Crippen molar-refractivity contribution in [1.29, 1.82) is 0 Å². The fourth-order valence-corrected chi connectivity index (χ4v) is 2.65. The van der Waals surface area contributed by atoms with Crippen LogP contribution in [0.15, 0.2) is 41.3 Å². The number of nitrogens with zero attached hydrogens (tertiary/aromatic N) is 1. The first-order valence-corrected chi connectivity index (χ1v) is 7.22. The molecule has 106 valence electrons. The molecule has 0 amide bonds. The highest BCUT2D eigenvalue weighted by Crippen LogP contribution is 2.25. The number of benzene rings is 1. The summed E-state index contributed by atoms with van der Waals surface area (Å²) in [5, 5.41) is 3.61. The van der Waals surface area contributed by atoms with Crippen molar-refractivity contribution in [3.8, 4) is 11.3 Å². The van der Waals surface area contributed by atoms with Crippen molar-refractivity contribution < 1.29 is 9.15 Å². The number of hydrogen-bond donors (Lipinski definition) is 1. The summed E-state index contributed by atoms with van der Waals surface area (Å²) in [7, 11) is 0. The zero-order valence-electron chi connectivity index (χ0n) is 11.7. The summed E-state index contributed by atoms with van der Waals surface area (Å²) in [6.07, 6.45) is 6.79. The number of ether oxygens (including phenoxy) is 1. The SMILES string of the molecule is CCC1CC(Nc2cccc(-c3cnco3)c2)CCO1. The molecule has 1 aromatic heterocycles. The molecule has 2 atom stereocenters. The molecule has 4 nitrogen and oxygen atoms in total. The van der Waals surface area contributed by atoms with Crippen molar-refractivity contribution in [3.63, 3.8) is 0 Å². The maximum atomic E-state index is 5.71. The molecule has 3 rings (SSSR count). The molecule has 0 radical (unpaired) electrons. The molecule has 1 aliphatic rings. The molecule has 0 saturated carbocycles. The van der Waals surface area contributed by atoms with E-state index in [1.165, 1.54) is 6.39 Å². The Bertz CT molecular complexity index is 539. The molecule has 1 aliphatic heterocycles. The van der Waals surface area contributed by atoms with Gasteiger partial charge < -0.3 is 14.5 Å². The number of aromatic nitrogens is 1. The fourth-order valence-electron chi connectivity index (χ4n) is 2.65. The average Bonchev–Trinajstić information content (AvgIpc) is 3.02. The zero-order valence-corrected chi connectivity index (χ0v) is 11.7. The lowest BCUT2D eigenvalue weighted by Crippen LogP contribution is -2.33. The molecule has 0 bridgehead atoms. The van der Waals surface area contributed by atoms with Crippen LogP contribution in [0.1, 0.15) is 26.2 Å². The van der Waals surface area contributed by atoms with E-state index in [4.69, 9.17) is 9.15 Å². The minimum absolute atomic E-state index is 0.388. The molecule has 0 spiro atoms. The van der Waals surface area contributed by atoms with Crippen molar-refractivity contribution in [3.05, 3.63) is 36.9 Å². The van der Waals surface area contributed by atoms with Crippen LogP contribution >= 0.6 is 0 Å². The molecule has 20 heavy (non-hydrogen) atoms. The molecule has 1 N–H and O–H groups in total. The molecule has 1 fully saturated rings. The average molecular weight is 272 g/mol. The van der Waals surface area contributed by atoms with Gasteiger partial charge in [-0.15, -0.1) is 0 Å². The lowest BCUT2D eigenvalue weighted by Gasteiger charge is -2.30. The second-order valence-electron chi connectivity index (χ2n) is 5.21. The van der Waals surface area contributed by atoms with Crippen LogP contribution in [0.5, 0.6) is 0 Å². The van der Waals surface area contributed by atoms with E-state index in [0.29, 0.717) is 12.1 Å². The summed E-state index contributed by atoms with van der Waals surface area (Å²) < 4.78 is 11.1. The van der Waals surface area contributed by atoms with Crippen LogP contribution in [0.4, 0.5) is 5.69 Å². The van der Waals surface area contributed by atoms with Crippen molar-refractivity contribution in [1.82, 2.24) is 4.98 Å². The van der Waals surface area contributed by atoms with Gasteiger partial charge in [0.1, 0.15) is 0 Å². The van der Waals surface area contributed by atoms with Crippen molar-refractivity contribution in [2.24, 2.45) is 0 Å². The first-order valence-electron chi connectivity index (χ1n) is 7.22. The second-order valence-corrected chi connectivity index (χ2v) is 5.21. The van der Waals surface area contributed by atoms with E-state index in [-0.39, 0.29) is 0 Å². The molecule has 0 aliphatic carbocycles. The van der Waals surface area contributed by atoms with Crippen LogP contribution < -0.4 is 5.32 Å². The Morgan fingerprint density at radius 2 is 2.35 bits per heavy atom. The fraction of sp³-hybridized carbons (Fsp3) is 0.438. The standard InChI is InChI=1S/C16H20N2O2/c1-2-15-9-14(6-7-19-15)18-13-5-3-4-12(8-13)16-10-17-11-20-16/h3-5,8,10-11,14-15,18H,2,6-7,9H2,1H3. The Hall–Kier alpha value is -1.81. The van der Waals surface area contributed by atoms with Gasteiger partial charge in [-0.05, 0) is 31.4 Å². The Morgan fingerprint density at radius 3 is 3.15 bits per heavy atom. The number of rotatable bonds is 4. The molecule has 2 unspecified atom stereocenters. The predicted molar refractivity (Wildman–Crippen MR) is 78.6 cm³/mol.